The van der Waals surface area contributed by atoms with Crippen molar-refractivity contribution >= 4 is 0 Å². The van der Waals surface area contributed by atoms with Crippen molar-refractivity contribution in [3.05, 3.63) is 42.0 Å². The minimum absolute atomic E-state index is 0.815. The van der Waals surface area contributed by atoms with Crippen LogP contribution in [0.5, 0.6) is 0 Å². The molecular weight excluding hydrogens is 174 g/mol. The lowest BCUT2D eigenvalue weighted by molar-refractivity contribution is 1.12. The smallest absolute Gasteiger partial charge is 0.107 e. The minimum atomic E-state index is 0.815. The van der Waals surface area contributed by atoms with Gasteiger partial charge in [-0.15, -0.1) is 0 Å². The second-order valence-electron chi connectivity index (χ2n) is 3.19. The molecule has 0 atom stereocenters. The summed E-state index contributed by atoms with van der Waals surface area (Å²) in [5.74, 6) is 0. The van der Waals surface area contributed by atoms with Crippen molar-refractivity contribution in [1.82, 2.24) is 15.0 Å². The van der Waals surface area contributed by atoms with Crippen LogP contribution in [0.3, 0.4) is 0 Å². The van der Waals surface area contributed by atoms with Gasteiger partial charge in [0, 0.05) is 18.1 Å². The number of aryl methyl sites for hydroxylation is 2. The highest BCUT2D eigenvalue weighted by molar-refractivity contribution is 5.53. The monoisotopic (exact) mass is 185 g/mol. The summed E-state index contributed by atoms with van der Waals surface area (Å²) in [6, 6.07) is 4.01. The molecule has 0 radical (unpaired) electrons. The third-order valence-electron chi connectivity index (χ3n) is 2.18. The summed E-state index contributed by atoms with van der Waals surface area (Å²) in [6.07, 6.45) is 5.05. The number of rotatable bonds is 1. The van der Waals surface area contributed by atoms with E-state index in [0.717, 1.165) is 17.1 Å². The molecule has 0 fully saturated rings. The van der Waals surface area contributed by atoms with Gasteiger partial charge in [0.05, 0.1) is 11.9 Å². The summed E-state index contributed by atoms with van der Waals surface area (Å²) in [5, 5.41) is 0. The minimum Gasteiger partial charge on any atom is -0.261 e. The van der Waals surface area contributed by atoms with E-state index >= 15 is 0 Å². The second kappa shape index (κ2) is 3.54. The Bertz CT molecular complexity index is 438. The molecule has 0 N–H and O–H groups in total. The van der Waals surface area contributed by atoms with Crippen molar-refractivity contribution in [3.63, 3.8) is 0 Å². The average Bonchev–Trinajstić information content (AvgIpc) is 2.23. The normalized spacial score (nSPS) is 10.1. The van der Waals surface area contributed by atoms with E-state index in [1.807, 2.05) is 26.0 Å². The Balaban J connectivity index is 2.48. The van der Waals surface area contributed by atoms with Crippen LogP contribution >= 0.6 is 0 Å². The number of hydrogen-bond acceptors (Lipinski definition) is 3. The van der Waals surface area contributed by atoms with Gasteiger partial charge in [0.15, 0.2) is 0 Å². The zero-order valence-corrected chi connectivity index (χ0v) is 8.23. The van der Waals surface area contributed by atoms with E-state index in [0.29, 0.717) is 0 Å². The Morgan fingerprint density at radius 3 is 2.50 bits per heavy atom. The fraction of sp³-hybridized carbons (Fsp3) is 0.182. The molecule has 0 aliphatic carbocycles. The van der Waals surface area contributed by atoms with Crippen LogP contribution in [0.25, 0.3) is 11.4 Å². The number of hydrogen-bond donors (Lipinski definition) is 0. The zero-order chi connectivity index (χ0) is 9.97. The first-order chi connectivity index (χ1) is 6.77. The van der Waals surface area contributed by atoms with Crippen molar-refractivity contribution in [2.45, 2.75) is 13.8 Å². The Hall–Kier alpha value is -1.77. The van der Waals surface area contributed by atoms with Crippen molar-refractivity contribution in [3.8, 4) is 11.4 Å². The quantitative estimate of drug-likeness (QED) is 0.683. The number of nitrogens with zero attached hydrogens (tertiary/aromatic N) is 3. The Morgan fingerprint density at radius 1 is 1.00 bits per heavy atom. The molecule has 0 aliphatic rings. The lowest BCUT2D eigenvalue weighted by Gasteiger charge is -2.02. The molecule has 0 saturated carbocycles. The second-order valence-corrected chi connectivity index (χ2v) is 3.19. The predicted molar refractivity (Wildman–Crippen MR) is 54.7 cm³/mol. The molecule has 70 valence electrons. The van der Waals surface area contributed by atoms with Crippen LogP contribution < -0.4 is 0 Å². The molecule has 3 heteroatoms. The van der Waals surface area contributed by atoms with Gasteiger partial charge in [-0.25, -0.2) is 0 Å². The maximum atomic E-state index is 4.44. The van der Waals surface area contributed by atoms with Crippen molar-refractivity contribution < 1.29 is 0 Å². The molecule has 0 amide bonds. The molecule has 0 bridgehead atoms. The van der Waals surface area contributed by atoms with Gasteiger partial charge >= 0.3 is 0 Å². The molecule has 0 saturated heterocycles. The van der Waals surface area contributed by atoms with E-state index in [-0.39, 0.29) is 0 Å². The molecule has 0 aliphatic heterocycles. The molecule has 2 aromatic heterocycles. The maximum Gasteiger partial charge on any atom is 0.107 e. The van der Waals surface area contributed by atoms with Crippen LogP contribution in [0.4, 0.5) is 0 Å². The Labute approximate surface area is 82.9 Å². The van der Waals surface area contributed by atoms with Crippen LogP contribution in [0.1, 0.15) is 11.3 Å². The molecule has 0 unspecified atom stereocenters. The highest BCUT2D eigenvalue weighted by Crippen LogP contribution is 2.14. The average molecular weight is 185 g/mol. The van der Waals surface area contributed by atoms with Gasteiger partial charge < -0.3 is 0 Å². The topological polar surface area (TPSA) is 38.7 Å². The van der Waals surface area contributed by atoms with E-state index in [2.05, 4.69) is 15.0 Å². The molecule has 2 rings (SSSR count). The largest absolute Gasteiger partial charge is 0.261 e. The fourth-order valence-corrected chi connectivity index (χ4v) is 1.20. The third kappa shape index (κ3) is 1.62. The molecule has 2 heterocycles. The van der Waals surface area contributed by atoms with Crippen LogP contribution in [-0.2, 0) is 0 Å². The third-order valence-corrected chi connectivity index (χ3v) is 2.18. The fourth-order valence-electron chi connectivity index (χ4n) is 1.20. The molecule has 2 aromatic rings. The summed E-state index contributed by atoms with van der Waals surface area (Å²) < 4.78 is 0. The lowest BCUT2D eigenvalue weighted by atomic mass is 10.2. The summed E-state index contributed by atoms with van der Waals surface area (Å²) in [6.45, 7) is 4.04. The summed E-state index contributed by atoms with van der Waals surface area (Å²) in [4.78, 5) is 12.6. The molecule has 0 spiro atoms. The van der Waals surface area contributed by atoms with Gasteiger partial charge in [-0.1, -0.05) is 6.07 Å². The van der Waals surface area contributed by atoms with Gasteiger partial charge in [-0.05, 0) is 25.5 Å². The van der Waals surface area contributed by atoms with Crippen LogP contribution in [-0.4, -0.2) is 15.0 Å². The van der Waals surface area contributed by atoms with Crippen LogP contribution in [0, 0.1) is 13.8 Å². The van der Waals surface area contributed by atoms with Gasteiger partial charge in [-0.2, -0.15) is 0 Å². The van der Waals surface area contributed by atoms with E-state index in [9.17, 15) is 0 Å². The van der Waals surface area contributed by atoms with E-state index in [4.69, 9.17) is 0 Å². The molecule has 3 nitrogen and oxygen atoms in total. The van der Waals surface area contributed by atoms with Crippen molar-refractivity contribution in [1.29, 1.82) is 0 Å². The first-order valence-corrected chi connectivity index (χ1v) is 4.48. The highest BCUT2D eigenvalue weighted by atomic mass is 14.8. The number of aromatic nitrogens is 3. The first kappa shape index (κ1) is 8.81. The lowest BCUT2D eigenvalue weighted by Crippen LogP contribution is -1.92. The van der Waals surface area contributed by atoms with E-state index < -0.39 is 0 Å². The van der Waals surface area contributed by atoms with Gasteiger partial charge in [0.1, 0.15) is 5.69 Å². The van der Waals surface area contributed by atoms with E-state index in [1.165, 1.54) is 5.56 Å². The summed E-state index contributed by atoms with van der Waals surface area (Å²) in [5.41, 5.74) is 3.92. The standard InChI is InChI=1S/C11H11N3/c1-8-3-4-10(14-9(8)2)11-7-12-5-6-13-11/h3-7H,1-2H3. The molecular formula is C11H11N3. The molecule has 14 heavy (non-hydrogen) atoms. The summed E-state index contributed by atoms with van der Waals surface area (Å²) in [7, 11) is 0. The van der Waals surface area contributed by atoms with Gasteiger partial charge in [0.2, 0.25) is 0 Å². The first-order valence-electron chi connectivity index (χ1n) is 4.48. The van der Waals surface area contributed by atoms with E-state index in [1.54, 1.807) is 18.6 Å². The maximum absolute atomic E-state index is 4.44. The van der Waals surface area contributed by atoms with Crippen LogP contribution in [0.2, 0.25) is 0 Å². The Kier molecular flexibility index (Phi) is 2.23. The SMILES string of the molecule is Cc1ccc(-c2cnccn2)nc1C. The van der Waals surface area contributed by atoms with Crippen molar-refractivity contribution in [2.24, 2.45) is 0 Å². The van der Waals surface area contributed by atoms with Gasteiger partial charge in [0.25, 0.3) is 0 Å². The summed E-state index contributed by atoms with van der Waals surface area (Å²) >= 11 is 0. The molecule has 0 aromatic carbocycles. The van der Waals surface area contributed by atoms with Crippen LogP contribution in [0.15, 0.2) is 30.7 Å². The Morgan fingerprint density at radius 2 is 1.86 bits per heavy atom. The number of pyridine rings is 1. The van der Waals surface area contributed by atoms with Crippen molar-refractivity contribution in [2.75, 3.05) is 0 Å². The predicted octanol–water partition coefficient (Wildman–Crippen LogP) is 2.16. The highest BCUT2D eigenvalue weighted by Gasteiger charge is 2.01. The van der Waals surface area contributed by atoms with Gasteiger partial charge in [-0.3, -0.25) is 15.0 Å². The zero-order valence-electron chi connectivity index (χ0n) is 8.23.